The maximum atomic E-state index is 13.7. The summed E-state index contributed by atoms with van der Waals surface area (Å²) >= 11 is 12.3. The number of carbonyl (C=O) groups is 6. The minimum absolute atomic E-state index is 0.0153. The van der Waals surface area contributed by atoms with Gasteiger partial charge in [0.25, 0.3) is 11.8 Å². The van der Waals surface area contributed by atoms with E-state index in [0.717, 1.165) is 4.90 Å². The maximum absolute atomic E-state index is 13.7. The van der Waals surface area contributed by atoms with Crippen molar-refractivity contribution in [2.24, 2.45) is 0 Å². The number of methoxy groups -OCH3 is 1. The largest absolute Gasteiger partial charge is 0.494 e. The molecule has 2 aromatic carbocycles. The van der Waals surface area contributed by atoms with E-state index in [1.165, 1.54) is 37.1 Å². The topological polar surface area (TPSA) is 162 Å². The smallest absolute Gasteiger partial charge is 0.305 e. The molecule has 0 saturated carbocycles. The molecule has 1 aliphatic heterocycles. The predicted molar refractivity (Wildman–Crippen MR) is 141 cm³/mol. The van der Waals surface area contributed by atoms with Gasteiger partial charge in [0, 0.05) is 12.5 Å². The number of nitrogens with zero attached hydrogens (tertiary/aromatic N) is 2. The molecule has 4 amide bonds. The molecule has 0 bridgehead atoms. The zero-order chi connectivity index (χ0) is 28.9. The second-order valence-corrected chi connectivity index (χ2v) is 9.26. The summed E-state index contributed by atoms with van der Waals surface area (Å²) in [6.07, 6.45) is -0.376. The summed E-state index contributed by atoms with van der Waals surface area (Å²) in [5.74, 6) is -3.87. The number of halogens is 2. The summed E-state index contributed by atoms with van der Waals surface area (Å²) in [5.41, 5.74) is 0.512. The van der Waals surface area contributed by atoms with Crippen LogP contribution in [0.2, 0.25) is 10.0 Å². The van der Waals surface area contributed by atoms with Gasteiger partial charge in [-0.05, 0) is 24.3 Å². The molecule has 14 heteroatoms. The van der Waals surface area contributed by atoms with Crippen LogP contribution in [0.3, 0.4) is 0 Å². The van der Waals surface area contributed by atoms with Gasteiger partial charge in [0.1, 0.15) is 18.9 Å². The van der Waals surface area contributed by atoms with Crippen LogP contribution >= 0.6 is 23.2 Å². The van der Waals surface area contributed by atoms with Gasteiger partial charge in [-0.3, -0.25) is 28.9 Å². The number of amides is 4. The van der Waals surface area contributed by atoms with Gasteiger partial charge in [0.15, 0.2) is 5.75 Å². The molecule has 0 aliphatic carbocycles. The van der Waals surface area contributed by atoms with E-state index in [4.69, 9.17) is 33.0 Å². The average molecular weight is 579 g/mol. The summed E-state index contributed by atoms with van der Waals surface area (Å²) in [5, 5.41) is 13.9. The fourth-order valence-electron chi connectivity index (χ4n) is 4.00. The molecule has 1 unspecified atom stereocenters. The van der Waals surface area contributed by atoms with Crippen LogP contribution in [0.15, 0.2) is 36.4 Å². The molecular formula is C25H24Cl2N4O8. The molecule has 12 nitrogen and oxygen atoms in total. The van der Waals surface area contributed by atoms with Gasteiger partial charge >= 0.3 is 5.97 Å². The van der Waals surface area contributed by atoms with Crippen molar-refractivity contribution < 1.29 is 38.6 Å². The fraction of sp³-hybridized carbons (Fsp3) is 0.280. The van der Waals surface area contributed by atoms with Crippen molar-refractivity contribution in [3.05, 3.63) is 52.0 Å². The Balaban J connectivity index is 1.96. The van der Waals surface area contributed by atoms with Gasteiger partial charge in [-0.25, -0.2) is 0 Å². The normalized spacial score (nSPS) is 15.5. The SMILES string of the molecule is COc1c(Cl)cc(C(=O)NC2CN(C(C)=O)c3ccccc3N(CC(=O)N[C@H](C=O)CC(=O)O)C2=O)cc1Cl. The number of aliphatic carboxylic acids is 1. The summed E-state index contributed by atoms with van der Waals surface area (Å²) in [6.45, 7) is 0.396. The molecule has 2 aromatic rings. The monoisotopic (exact) mass is 578 g/mol. The molecule has 0 aromatic heterocycles. The number of nitrogens with one attached hydrogen (secondary N) is 2. The van der Waals surface area contributed by atoms with Crippen LogP contribution in [-0.2, 0) is 24.0 Å². The highest BCUT2D eigenvalue weighted by Gasteiger charge is 2.37. The number of hydrogen-bond donors (Lipinski definition) is 3. The Morgan fingerprint density at radius 2 is 1.77 bits per heavy atom. The molecule has 1 aliphatic rings. The van der Waals surface area contributed by atoms with Crippen LogP contribution in [-0.4, -0.2) is 73.3 Å². The minimum atomic E-state index is -1.32. The van der Waals surface area contributed by atoms with Gasteiger partial charge in [0.2, 0.25) is 11.8 Å². The molecular weight excluding hydrogens is 555 g/mol. The molecule has 206 valence electrons. The van der Waals surface area contributed by atoms with Gasteiger partial charge in [0.05, 0.1) is 47.5 Å². The first-order valence-electron chi connectivity index (χ1n) is 11.5. The van der Waals surface area contributed by atoms with E-state index < -0.39 is 54.6 Å². The first-order valence-corrected chi connectivity index (χ1v) is 12.2. The van der Waals surface area contributed by atoms with E-state index in [2.05, 4.69) is 10.6 Å². The Labute approximate surface area is 232 Å². The second kappa shape index (κ2) is 12.6. The van der Waals surface area contributed by atoms with Crippen molar-refractivity contribution in [1.29, 1.82) is 0 Å². The second-order valence-electron chi connectivity index (χ2n) is 8.45. The first-order chi connectivity index (χ1) is 18.5. The van der Waals surface area contributed by atoms with E-state index in [-0.39, 0.29) is 39.9 Å². The van der Waals surface area contributed by atoms with E-state index in [0.29, 0.717) is 5.69 Å². The number of ether oxygens (including phenoxy) is 1. The summed E-state index contributed by atoms with van der Waals surface area (Å²) in [4.78, 5) is 76.7. The van der Waals surface area contributed by atoms with Gasteiger partial charge < -0.3 is 30.2 Å². The van der Waals surface area contributed by atoms with Crippen LogP contribution in [0.1, 0.15) is 23.7 Å². The number of carboxylic acid groups (broad SMARTS) is 1. The predicted octanol–water partition coefficient (Wildman–Crippen LogP) is 1.66. The number of benzene rings is 2. The third-order valence-corrected chi connectivity index (χ3v) is 6.31. The van der Waals surface area contributed by atoms with Crippen molar-refractivity contribution in [2.45, 2.75) is 25.4 Å². The standard InChI is InChI=1S/C25H24Cl2N4O8/c1-13(33)30-10-18(29-24(37)14-7-16(26)23(39-2)17(27)8-14)25(38)31(20-6-4-3-5-19(20)30)11-21(34)28-15(12-32)9-22(35)36/h3-8,12,15,18H,9-11H2,1-2H3,(H,28,34)(H,29,37)(H,35,36)/t15-,18?/m0/s1. The van der Waals surface area contributed by atoms with Gasteiger partial charge in [-0.15, -0.1) is 0 Å². The minimum Gasteiger partial charge on any atom is -0.494 e. The van der Waals surface area contributed by atoms with Crippen LogP contribution in [0.4, 0.5) is 11.4 Å². The highest BCUT2D eigenvalue weighted by atomic mass is 35.5. The van der Waals surface area contributed by atoms with E-state index >= 15 is 0 Å². The fourth-order valence-corrected chi connectivity index (χ4v) is 4.64. The van der Waals surface area contributed by atoms with Crippen molar-refractivity contribution >= 4 is 70.5 Å². The summed E-state index contributed by atoms with van der Waals surface area (Å²) in [7, 11) is 1.36. The maximum Gasteiger partial charge on any atom is 0.305 e. The van der Waals surface area contributed by atoms with Crippen LogP contribution in [0, 0.1) is 0 Å². The quantitative estimate of drug-likeness (QED) is 0.378. The Bertz CT molecular complexity index is 1310. The van der Waals surface area contributed by atoms with E-state index in [1.807, 2.05) is 0 Å². The van der Waals surface area contributed by atoms with Gasteiger partial charge in [-0.2, -0.15) is 0 Å². The number of aldehydes is 1. The molecule has 0 spiro atoms. The number of carbonyl (C=O) groups excluding carboxylic acids is 5. The van der Waals surface area contributed by atoms with Crippen molar-refractivity contribution in [3.63, 3.8) is 0 Å². The van der Waals surface area contributed by atoms with Crippen LogP contribution in [0.5, 0.6) is 5.75 Å². The molecule has 0 saturated heterocycles. The third-order valence-electron chi connectivity index (χ3n) is 5.75. The highest BCUT2D eigenvalue weighted by molar-refractivity contribution is 6.37. The Hall–Kier alpha value is -4.16. The molecule has 1 heterocycles. The first kappa shape index (κ1) is 29.4. The zero-order valence-corrected chi connectivity index (χ0v) is 22.3. The number of rotatable bonds is 9. The van der Waals surface area contributed by atoms with Crippen molar-refractivity contribution in [1.82, 2.24) is 10.6 Å². The van der Waals surface area contributed by atoms with E-state index in [9.17, 15) is 28.8 Å². The molecule has 0 radical (unpaired) electrons. The highest BCUT2D eigenvalue weighted by Crippen LogP contribution is 2.35. The van der Waals surface area contributed by atoms with Crippen LogP contribution < -0.4 is 25.2 Å². The number of fused-ring (bicyclic) bond motifs is 1. The lowest BCUT2D eigenvalue weighted by atomic mass is 10.1. The molecule has 3 rings (SSSR count). The Morgan fingerprint density at radius 1 is 1.15 bits per heavy atom. The van der Waals surface area contributed by atoms with E-state index in [1.54, 1.807) is 18.2 Å². The molecule has 0 fully saturated rings. The summed E-state index contributed by atoms with van der Waals surface area (Å²) in [6, 6.07) is 6.27. The average Bonchev–Trinajstić information content (AvgIpc) is 2.98. The number of anilines is 2. The summed E-state index contributed by atoms with van der Waals surface area (Å²) < 4.78 is 5.09. The van der Waals surface area contributed by atoms with Gasteiger partial charge in [-0.1, -0.05) is 35.3 Å². The lowest BCUT2D eigenvalue weighted by Gasteiger charge is -2.25. The number of hydrogen-bond acceptors (Lipinski definition) is 7. The Morgan fingerprint density at radius 3 is 2.31 bits per heavy atom. The lowest BCUT2D eigenvalue weighted by Crippen LogP contribution is -2.54. The Kier molecular flexibility index (Phi) is 9.49. The third kappa shape index (κ3) is 6.84. The zero-order valence-electron chi connectivity index (χ0n) is 20.8. The molecule has 3 N–H and O–H groups in total. The molecule has 39 heavy (non-hydrogen) atoms. The van der Waals surface area contributed by atoms with Crippen molar-refractivity contribution in [3.8, 4) is 5.75 Å². The number of para-hydroxylation sites is 2. The molecule has 2 atom stereocenters. The van der Waals surface area contributed by atoms with Crippen LogP contribution in [0.25, 0.3) is 0 Å². The lowest BCUT2D eigenvalue weighted by molar-refractivity contribution is -0.139. The number of carboxylic acids is 1. The van der Waals surface area contributed by atoms with Crippen molar-refractivity contribution in [2.75, 3.05) is 30.0 Å².